The molecule has 4 rings (SSSR count). The zero-order valence-electron chi connectivity index (χ0n) is 19.6. The van der Waals surface area contributed by atoms with Gasteiger partial charge in [-0.05, 0) is 55.8 Å². The third-order valence-corrected chi connectivity index (χ3v) is 6.18. The van der Waals surface area contributed by atoms with Crippen LogP contribution in [0.3, 0.4) is 0 Å². The number of nitrogens with zero attached hydrogens (tertiary/aromatic N) is 2. The number of ketones is 1. The molecule has 1 aliphatic rings. The molecule has 174 valence electrons. The van der Waals surface area contributed by atoms with Crippen molar-refractivity contribution in [1.82, 2.24) is 0 Å². The number of carbonyl (C=O) groups is 2. The van der Waals surface area contributed by atoms with Crippen LogP contribution >= 0.6 is 0 Å². The first-order valence-electron chi connectivity index (χ1n) is 11.4. The SMILES string of the molecule is CCN(CC)c1ccc(C2/C(=C(/O)c3ccccc3)C(=O)C(=O)N2c2ccc(OC)cc2)cc1. The Kier molecular flexibility index (Phi) is 6.68. The Morgan fingerprint density at radius 3 is 2.09 bits per heavy atom. The second-order valence-corrected chi connectivity index (χ2v) is 8.00. The third-order valence-electron chi connectivity index (χ3n) is 6.18. The molecule has 0 spiro atoms. The van der Waals surface area contributed by atoms with Crippen molar-refractivity contribution < 1.29 is 19.4 Å². The van der Waals surface area contributed by atoms with E-state index < -0.39 is 17.7 Å². The zero-order chi connectivity index (χ0) is 24.2. The van der Waals surface area contributed by atoms with E-state index in [2.05, 4.69) is 18.7 Å². The number of carbonyl (C=O) groups excluding carboxylic acids is 2. The first-order valence-corrected chi connectivity index (χ1v) is 11.4. The lowest BCUT2D eigenvalue weighted by Crippen LogP contribution is -2.29. The summed E-state index contributed by atoms with van der Waals surface area (Å²) in [6.07, 6.45) is 0. The van der Waals surface area contributed by atoms with Gasteiger partial charge < -0.3 is 14.7 Å². The molecule has 0 aliphatic carbocycles. The van der Waals surface area contributed by atoms with E-state index in [1.165, 1.54) is 4.90 Å². The molecule has 0 bridgehead atoms. The van der Waals surface area contributed by atoms with Crippen LogP contribution in [0.1, 0.15) is 31.0 Å². The normalized spacial score (nSPS) is 17.1. The minimum absolute atomic E-state index is 0.0719. The zero-order valence-corrected chi connectivity index (χ0v) is 19.6. The first-order chi connectivity index (χ1) is 16.5. The van der Waals surface area contributed by atoms with Crippen LogP contribution in [0.15, 0.2) is 84.4 Å². The molecule has 0 saturated carbocycles. The minimum Gasteiger partial charge on any atom is -0.507 e. The summed E-state index contributed by atoms with van der Waals surface area (Å²) in [5, 5.41) is 11.2. The quantitative estimate of drug-likeness (QED) is 0.302. The van der Waals surface area contributed by atoms with Gasteiger partial charge in [0.2, 0.25) is 0 Å². The molecule has 1 atom stereocenters. The van der Waals surface area contributed by atoms with Crippen molar-refractivity contribution >= 4 is 28.8 Å². The van der Waals surface area contributed by atoms with Crippen LogP contribution in [-0.2, 0) is 9.59 Å². The van der Waals surface area contributed by atoms with Gasteiger partial charge in [-0.3, -0.25) is 14.5 Å². The Bertz CT molecular complexity index is 1200. The van der Waals surface area contributed by atoms with Crippen molar-refractivity contribution in [2.75, 3.05) is 30.0 Å². The van der Waals surface area contributed by atoms with Gasteiger partial charge in [-0.25, -0.2) is 0 Å². The molecule has 3 aromatic carbocycles. The summed E-state index contributed by atoms with van der Waals surface area (Å²) in [5.74, 6) is -0.937. The maximum atomic E-state index is 13.2. The average Bonchev–Trinajstić information content (AvgIpc) is 3.15. The molecule has 34 heavy (non-hydrogen) atoms. The van der Waals surface area contributed by atoms with Crippen LogP contribution in [0.25, 0.3) is 5.76 Å². The first kappa shape index (κ1) is 23.1. The molecule has 1 unspecified atom stereocenters. The van der Waals surface area contributed by atoms with Crippen molar-refractivity contribution in [3.63, 3.8) is 0 Å². The van der Waals surface area contributed by atoms with Gasteiger partial charge in [0.05, 0.1) is 18.7 Å². The molecule has 0 aromatic heterocycles. The van der Waals surface area contributed by atoms with Crippen LogP contribution < -0.4 is 14.5 Å². The molecule has 0 radical (unpaired) electrons. The van der Waals surface area contributed by atoms with Crippen molar-refractivity contribution in [1.29, 1.82) is 0 Å². The van der Waals surface area contributed by atoms with Gasteiger partial charge in [0.1, 0.15) is 11.5 Å². The highest BCUT2D eigenvalue weighted by atomic mass is 16.5. The van der Waals surface area contributed by atoms with E-state index in [0.29, 0.717) is 17.0 Å². The largest absolute Gasteiger partial charge is 0.507 e. The Hall–Kier alpha value is -4.06. The third kappa shape index (κ3) is 4.15. The second kappa shape index (κ2) is 9.83. The molecule has 1 aliphatic heterocycles. The van der Waals surface area contributed by atoms with Gasteiger partial charge in [-0.1, -0.05) is 42.5 Å². The number of benzene rings is 3. The summed E-state index contributed by atoms with van der Waals surface area (Å²) >= 11 is 0. The highest BCUT2D eigenvalue weighted by Gasteiger charge is 2.47. The summed E-state index contributed by atoms with van der Waals surface area (Å²) in [6.45, 7) is 5.92. The van der Waals surface area contributed by atoms with Crippen LogP contribution in [-0.4, -0.2) is 37.0 Å². The Morgan fingerprint density at radius 1 is 0.912 bits per heavy atom. The number of methoxy groups -OCH3 is 1. The second-order valence-electron chi connectivity index (χ2n) is 8.00. The molecule has 6 heteroatoms. The fourth-order valence-corrected chi connectivity index (χ4v) is 4.36. The smallest absolute Gasteiger partial charge is 0.300 e. The number of ether oxygens (including phenoxy) is 1. The summed E-state index contributed by atoms with van der Waals surface area (Å²) in [5.41, 5.74) is 2.90. The Balaban J connectivity index is 1.87. The summed E-state index contributed by atoms with van der Waals surface area (Å²) in [6, 6.07) is 22.8. The number of aliphatic hydroxyl groups excluding tert-OH is 1. The van der Waals surface area contributed by atoms with E-state index in [9.17, 15) is 14.7 Å². The Labute approximate surface area is 199 Å². The number of Topliss-reactive ketones (excluding diaryl/α,β-unsaturated/α-hetero) is 1. The predicted molar refractivity (Wildman–Crippen MR) is 134 cm³/mol. The van der Waals surface area contributed by atoms with Crippen LogP contribution in [0, 0.1) is 0 Å². The summed E-state index contributed by atoms with van der Waals surface area (Å²) in [7, 11) is 1.57. The van der Waals surface area contributed by atoms with Crippen LogP contribution in [0.5, 0.6) is 5.75 Å². The average molecular weight is 457 g/mol. The Morgan fingerprint density at radius 2 is 1.53 bits per heavy atom. The number of rotatable bonds is 7. The number of hydrogen-bond acceptors (Lipinski definition) is 5. The van der Waals surface area contributed by atoms with E-state index in [0.717, 1.165) is 24.3 Å². The molecule has 1 saturated heterocycles. The maximum Gasteiger partial charge on any atom is 0.300 e. The van der Waals surface area contributed by atoms with Gasteiger partial charge in [-0.15, -0.1) is 0 Å². The highest BCUT2D eigenvalue weighted by Crippen LogP contribution is 2.42. The lowest BCUT2D eigenvalue weighted by Gasteiger charge is -2.27. The summed E-state index contributed by atoms with van der Waals surface area (Å²) in [4.78, 5) is 30.1. The van der Waals surface area contributed by atoms with E-state index in [1.807, 2.05) is 30.3 Å². The lowest BCUT2D eigenvalue weighted by molar-refractivity contribution is -0.132. The number of aliphatic hydroxyl groups is 1. The monoisotopic (exact) mass is 456 g/mol. The van der Waals surface area contributed by atoms with Gasteiger partial charge in [0, 0.05) is 30.0 Å². The molecule has 3 aromatic rings. The molecule has 1 N–H and O–H groups in total. The molecule has 6 nitrogen and oxygen atoms in total. The lowest BCUT2D eigenvalue weighted by atomic mass is 9.95. The van der Waals surface area contributed by atoms with Crippen LogP contribution in [0.2, 0.25) is 0 Å². The van der Waals surface area contributed by atoms with Crippen LogP contribution in [0.4, 0.5) is 11.4 Å². The van der Waals surface area contributed by atoms with Crippen molar-refractivity contribution in [2.45, 2.75) is 19.9 Å². The van der Waals surface area contributed by atoms with E-state index >= 15 is 0 Å². The molecule has 1 amide bonds. The standard InChI is InChI=1S/C28H28N2O4/c1-4-29(5-2)21-13-11-19(12-14-21)25-24(26(31)20-9-7-6-8-10-20)27(32)28(33)30(25)22-15-17-23(34-3)18-16-22/h6-18,25,31H,4-5H2,1-3H3/b26-24-. The minimum atomic E-state index is -0.764. The fraction of sp³-hybridized carbons (Fsp3) is 0.214. The number of anilines is 2. The number of hydrogen-bond donors (Lipinski definition) is 1. The molecular weight excluding hydrogens is 428 g/mol. The molecule has 1 fully saturated rings. The van der Waals surface area contributed by atoms with Gasteiger partial charge >= 0.3 is 0 Å². The topological polar surface area (TPSA) is 70.1 Å². The van der Waals surface area contributed by atoms with Gasteiger partial charge in [0.15, 0.2) is 0 Å². The summed E-state index contributed by atoms with van der Waals surface area (Å²) < 4.78 is 5.24. The predicted octanol–water partition coefficient (Wildman–Crippen LogP) is 5.17. The van der Waals surface area contributed by atoms with E-state index in [4.69, 9.17) is 4.74 Å². The van der Waals surface area contributed by atoms with E-state index in [-0.39, 0.29) is 11.3 Å². The molecule has 1 heterocycles. The maximum absolute atomic E-state index is 13.2. The van der Waals surface area contributed by atoms with Gasteiger partial charge in [-0.2, -0.15) is 0 Å². The van der Waals surface area contributed by atoms with Crippen molar-refractivity contribution in [2.24, 2.45) is 0 Å². The number of amides is 1. The van der Waals surface area contributed by atoms with Crippen molar-refractivity contribution in [3.8, 4) is 5.75 Å². The van der Waals surface area contributed by atoms with Gasteiger partial charge in [0.25, 0.3) is 11.7 Å². The van der Waals surface area contributed by atoms with E-state index in [1.54, 1.807) is 55.6 Å². The van der Waals surface area contributed by atoms with Crippen molar-refractivity contribution in [3.05, 3.63) is 95.6 Å². The highest BCUT2D eigenvalue weighted by molar-refractivity contribution is 6.51. The molecular formula is C28H28N2O4. The fourth-order valence-electron chi connectivity index (χ4n) is 4.36.